The van der Waals surface area contributed by atoms with E-state index in [-0.39, 0.29) is 26.6 Å². The van der Waals surface area contributed by atoms with Gasteiger partial charge in [-0.15, -0.1) is 11.3 Å². The normalized spacial score (nSPS) is 9.86. The average molecular weight is 255 g/mol. The molecule has 76 valence electrons. The Morgan fingerprint density at radius 3 is 2.71 bits per heavy atom. The van der Waals surface area contributed by atoms with Gasteiger partial charge in [-0.05, 0) is 0 Å². The van der Waals surface area contributed by atoms with Gasteiger partial charge in [0.25, 0.3) is 0 Å². The summed E-state index contributed by atoms with van der Waals surface area (Å²) in [6, 6.07) is 0. The quantitative estimate of drug-likeness (QED) is 0.838. The lowest BCUT2D eigenvalue weighted by Crippen LogP contribution is -2.02. The Balaban J connectivity index is 3.09. The van der Waals surface area contributed by atoms with Gasteiger partial charge in [0, 0.05) is 0 Å². The van der Waals surface area contributed by atoms with Gasteiger partial charge in [0.1, 0.15) is 16.0 Å². The molecule has 0 saturated carbocycles. The molecular weight excluding hydrogens is 251 g/mol. The molecule has 0 amide bonds. The first kappa shape index (κ1) is 11.3. The number of hydrogen-bond acceptors (Lipinski definition) is 4. The maximum Gasteiger partial charge on any atom is 0.349 e. The van der Waals surface area contributed by atoms with E-state index in [1.807, 2.05) is 0 Å². The van der Waals surface area contributed by atoms with Crippen LogP contribution in [0, 0.1) is 0 Å². The Morgan fingerprint density at radius 1 is 1.57 bits per heavy atom. The van der Waals surface area contributed by atoms with E-state index in [4.69, 9.17) is 33.0 Å². The number of rotatable bonds is 4. The van der Waals surface area contributed by atoms with E-state index in [9.17, 15) is 9.59 Å². The summed E-state index contributed by atoms with van der Waals surface area (Å²) in [4.78, 5) is 20.6. The zero-order valence-corrected chi connectivity index (χ0v) is 8.95. The summed E-state index contributed by atoms with van der Waals surface area (Å²) < 4.78 is 4.97. The van der Waals surface area contributed by atoms with Crippen molar-refractivity contribution in [3.8, 4) is 5.75 Å². The van der Waals surface area contributed by atoms with Crippen molar-refractivity contribution in [1.82, 2.24) is 0 Å². The molecule has 0 radical (unpaired) electrons. The summed E-state index contributed by atoms with van der Waals surface area (Å²) in [6.07, 6.45) is 0.494. The predicted octanol–water partition coefficient (Wildman–Crippen LogP) is 2.33. The van der Waals surface area contributed by atoms with Crippen LogP contribution in [0.15, 0.2) is 0 Å². The van der Waals surface area contributed by atoms with Crippen LogP contribution >= 0.6 is 34.5 Å². The topological polar surface area (TPSA) is 63.6 Å². The summed E-state index contributed by atoms with van der Waals surface area (Å²) in [5.74, 6) is -1.24. The number of halogens is 2. The third-order valence-electron chi connectivity index (χ3n) is 1.26. The van der Waals surface area contributed by atoms with Gasteiger partial charge >= 0.3 is 5.97 Å². The molecule has 0 unspecified atom stereocenters. The van der Waals surface area contributed by atoms with Crippen LogP contribution in [0.2, 0.25) is 9.36 Å². The molecule has 4 nitrogen and oxygen atoms in total. The molecule has 0 aliphatic carbocycles. The van der Waals surface area contributed by atoms with E-state index in [1.165, 1.54) is 0 Å². The molecule has 0 fully saturated rings. The van der Waals surface area contributed by atoms with Crippen LogP contribution in [-0.2, 0) is 4.79 Å². The molecule has 0 saturated heterocycles. The number of hydrogen-bond donors (Lipinski definition) is 1. The minimum Gasteiger partial charge on any atom is -0.483 e. The van der Waals surface area contributed by atoms with Gasteiger partial charge in [0.15, 0.2) is 16.9 Å². The number of aromatic carboxylic acids is 1. The highest BCUT2D eigenvalue weighted by Crippen LogP contribution is 2.42. The number of aldehydes is 1. The summed E-state index contributed by atoms with van der Waals surface area (Å²) in [5.41, 5.74) is 0. The van der Waals surface area contributed by atoms with E-state index in [0.717, 1.165) is 11.3 Å². The van der Waals surface area contributed by atoms with Crippen LogP contribution in [0.3, 0.4) is 0 Å². The molecule has 0 spiro atoms. The number of thiophene rings is 1. The molecule has 1 N–H and O–H groups in total. The first-order valence-corrected chi connectivity index (χ1v) is 4.92. The second kappa shape index (κ2) is 4.63. The lowest BCUT2D eigenvalue weighted by atomic mass is 10.4. The van der Waals surface area contributed by atoms with E-state index >= 15 is 0 Å². The largest absolute Gasteiger partial charge is 0.483 e. The number of carboxylic acid groups (broad SMARTS) is 1. The lowest BCUT2D eigenvalue weighted by molar-refractivity contribution is -0.109. The second-order valence-electron chi connectivity index (χ2n) is 2.13. The van der Waals surface area contributed by atoms with Gasteiger partial charge in [-0.1, -0.05) is 23.2 Å². The highest BCUT2D eigenvalue weighted by molar-refractivity contribution is 7.19. The van der Waals surface area contributed by atoms with Crippen molar-refractivity contribution in [2.24, 2.45) is 0 Å². The monoisotopic (exact) mass is 254 g/mol. The first-order valence-electron chi connectivity index (χ1n) is 3.35. The average Bonchev–Trinajstić information content (AvgIpc) is 2.41. The maximum atomic E-state index is 10.7. The minimum atomic E-state index is -1.19. The number of ether oxygens (including phenoxy) is 1. The summed E-state index contributed by atoms with van der Waals surface area (Å²) in [5, 5.41) is 8.75. The maximum absolute atomic E-state index is 10.7. The molecule has 1 rings (SSSR count). The van der Waals surface area contributed by atoms with Crippen molar-refractivity contribution in [3.63, 3.8) is 0 Å². The first-order chi connectivity index (χ1) is 6.57. The van der Waals surface area contributed by atoms with Crippen LogP contribution in [0.1, 0.15) is 9.67 Å². The van der Waals surface area contributed by atoms with Gasteiger partial charge in [-0.3, -0.25) is 4.79 Å². The molecule has 0 bridgehead atoms. The van der Waals surface area contributed by atoms with Crippen LogP contribution in [0.5, 0.6) is 5.75 Å². The summed E-state index contributed by atoms with van der Waals surface area (Å²) in [6.45, 7) is -0.257. The van der Waals surface area contributed by atoms with E-state index in [0.29, 0.717) is 6.29 Å². The molecule has 1 aromatic heterocycles. The SMILES string of the molecule is O=CCOc1c(C(=O)O)sc(Cl)c1Cl. The van der Waals surface area contributed by atoms with Gasteiger partial charge < -0.3 is 9.84 Å². The Bertz CT molecular complexity index is 374. The smallest absolute Gasteiger partial charge is 0.349 e. The Morgan fingerprint density at radius 2 is 2.21 bits per heavy atom. The Kier molecular flexibility index (Phi) is 3.74. The lowest BCUT2D eigenvalue weighted by Gasteiger charge is -2.00. The van der Waals surface area contributed by atoms with E-state index in [2.05, 4.69) is 0 Å². The fourth-order valence-electron chi connectivity index (χ4n) is 0.757. The molecule has 7 heteroatoms. The summed E-state index contributed by atoms with van der Waals surface area (Å²) >= 11 is 12.1. The molecule has 0 aliphatic rings. The van der Waals surface area contributed by atoms with Crippen molar-refractivity contribution in [3.05, 3.63) is 14.2 Å². The minimum absolute atomic E-state index is 0.0240. The van der Waals surface area contributed by atoms with Crippen molar-refractivity contribution >= 4 is 46.8 Å². The van der Waals surface area contributed by atoms with E-state index < -0.39 is 5.97 Å². The van der Waals surface area contributed by atoms with Gasteiger partial charge in [-0.25, -0.2) is 4.79 Å². The van der Waals surface area contributed by atoms with Crippen LogP contribution in [0.25, 0.3) is 0 Å². The molecule has 0 atom stereocenters. The third kappa shape index (κ3) is 2.17. The van der Waals surface area contributed by atoms with Crippen LogP contribution < -0.4 is 4.74 Å². The molecule has 14 heavy (non-hydrogen) atoms. The summed E-state index contributed by atoms with van der Waals surface area (Å²) in [7, 11) is 0. The second-order valence-corrected chi connectivity index (χ2v) is 4.13. The Labute approximate surface area is 93.0 Å². The van der Waals surface area contributed by atoms with E-state index in [1.54, 1.807) is 0 Å². The molecule has 1 heterocycles. The molecule has 0 aromatic carbocycles. The Hall–Kier alpha value is -0.780. The van der Waals surface area contributed by atoms with Gasteiger partial charge in [0.2, 0.25) is 0 Å². The zero-order chi connectivity index (χ0) is 10.7. The fourth-order valence-corrected chi connectivity index (χ4v) is 2.10. The van der Waals surface area contributed by atoms with Crippen molar-refractivity contribution in [2.75, 3.05) is 6.61 Å². The molecule has 0 aliphatic heterocycles. The standard InChI is InChI=1S/C7H4Cl2O4S/c8-3-4(13-2-1-10)5(7(11)12)14-6(3)9/h1H,2H2,(H,11,12). The number of carbonyl (C=O) groups is 2. The zero-order valence-electron chi connectivity index (χ0n) is 6.62. The van der Waals surface area contributed by atoms with Crippen LogP contribution in [0.4, 0.5) is 0 Å². The van der Waals surface area contributed by atoms with Crippen molar-refractivity contribution in [2.45, 2.75) is 0 Å². The van der Waals surface area contributed by atoms with Gasteiger partial charge in [-0.2, -0.15) is 0 Å². The molecule has 1 aromatic rings. The predicted molar refractivity (Wildman–Crippen MR) is 52.9 cm³/mol. The number of carboxylic acids is 1. The van der Waals surface area contributed by atoms with Gasteiger partial charge in [0.05, 0.1) is 0 Å². The van der Waals surface area contributed by atoms with Crippen molar-refractivity contribution < 1.29 is 19.4 Å². The third-order valence-corrected chi connectivity index (χ3v) is 3.20. The highest BCUT2D eigenvalue weighted by Gasteiger charge is 2.21. The van der Waals surface area contributed by atoms with Crippen LogP contribution in [-0.4, -0.2) is 24.0 Å². The van der Waals surface area contributed by atoms with Crippen molar-refractivity contribution in [1.29, 1.82) is 0 Å². The number of carbonyl (C=O) groups excluding carboxylic acids is 1. The highest BCUT2D eigenvalue weighted by atomic mass is 35.5. The molecular formula is C7H4Cl2O4S. The fraction of sp³-hybridized carbons (Fsp3) is 0.143.